The van der Waals surface area contributed by atoms with E-state index < -0.39 is 0 Å². The van der Waals surface area contributed by atoms with E-state index in [4.69, 9.17) is 14.4 Å². The zero-order valence-corrected chi connectivity index (χ0v) is 31.2. The lowest BCUT2D eigenvalue weighted by atomic mass is 9.88. The smallest absolute Gasteiger partial charge is 0.161 e. The molecule has 0 saturated heterocycles. The minimum absolute atomic E-state index is 0.700. The van der Waals surface area contributed by atoms with E-state index in [1.54, 1.807) is 11.3 Å². The van der Waals surface area contributed by atoms with E-state index in [1.807, 2.05) is 12.1 Å². The summed E-state index contributed by atoms with van der Waals surface area (Å²) in [6.07, 6.45) is 0. The molecule has 9 aromatic carbocycles. The molecule has 0 N–H and O–H groups in total. The van der Waals surface area contributed by atoms with Crippen molar-refractivity contribution in [2.75, 3.05) is 4.90 Å². The standard InChI is InChI=1S/C52H29N3OS/c1-2-13-32-29-43-40(28-31(32)12-1)35-20-7-14-30-15-8-24-42(47(30)35)55(43)41-23-10-18-33-34(41)19-9-21-36(33)52-53-49-38-17-4-6-27-46(38)57-51(49)50(54-52)39-22-11-26-45-48(39)37-16-3-5-25-44(37)56-45/h1-29H. The Labute approximate surface area is 330 Å². The molecule has 57 heavy (non-hydrogen) atoms. The monoisotopic (exact) mass is 743 g/mol. The van der Waals surface area contributed by atoms with Gasteiger partial charge in [0.1, 0.15) is 11.2 Å². The predicted molar refractivity (Wildman–Crippen MR) is 239 cm³/mol. The molecule has 0 fully saturated rings. The van der Waals surface area contributed by atoms with Gasteiger partial charge in [-0.1, -0.05) is 133 Å². The van der Waals surface area contributed by atoms with Crippen LogP contribution in [0.4, 0.5) is 17.1 Å². The van der Waals surface area contributed by atoms with Crippen LogP contribution in [0, 0.1) is 0 Å². The number of nitrogens with zero attached hydrogens (tertiary/aromatic N) is 3. The molecule has 4 heterocycles. The van der Waals surface area contributed by atoms with Gasteiger partial charge in [-0.15, -0.1) is 11.3 Å². The van der Waals surface area contributed by atoms with Gasteiger partial charge in [0.2, 0.25) is 0 Å². The third-order valence-corrected chi connectivity index (χ3v) is 12.9. The predicted octanol–water partition coefficient (Wildman–Crippen LogP) is 15.0. The van der Waals surface area contributed by atoms with Gasteiger partial charge in [0.05, 0.1) is 33.0 Å². The summed E-state index contributed by atoms with van der Waals surface area (Å²) in [5, 5.41) is 10.5. The summed E-state index contributed by atoms with van der Waals surface area (Å²) >= 11 is 1.75. The van der Waals surface area contributed by atoms with Crippen molar-refractivity contribution in [3.63, 3.8) is 0 Å². The fourth-order valence-corrected chi connectivity index (χ4v) is 10.4. The first kappa shape index (κ1) is 30.9. The van der Waals surface area contributed by atoms with E-state index in [9.17, 15) is 0 Å². The third-order valence-electron chi connectivity index (χ3n) is 11.8. The number of hydrogen-bond donors (Lipinski definition) is 0. The lowest BCUT2D eigenvalue weighted by Gasteiger charge is -2.34. The van der Waals surface area contributed by atoms with Crippen LogP contribution in [0.3, 0.4) is 0 Å². The van der Waals surface area contributed by atoms with E-state index >= 15 is 0 Å². The van der Waals surface area contributed by atoms with Crippen LogP contribution in [0.1, 0.15) is 0 Å². The quantitative estimate of drug-likeness (QED) is 0.181. The summed E-state index contributed by atoms with van der Waals surface area (Å²) in [6.45, 7) is 0. The highest BCUT2D eigenvalue weighted by Gasteiger charge is 2.28. The molecule has 0 spiro atoms. The highest BCUT2D eigenvalue weighted by molar-refractivity contribution is 7.26. The minimum Gasteiger partial charge on any atom is -0.456 e. The van der Waals surface area contributed by atoms with Gasteiger partial charge in [0, 0.05) is 48.3 Å². The van der Waals surface area contributed by atoms with Gasteiger partial charge < -0.3 is 9.32 Å². The van der Waals surface area contributed by atoms with Crippen molar-refractivity contribution in [1.82, 2.24) is 9.97 Å². The second-order valence-electron chi connectivity index (χ2n) is 14.9. The molecule has 4 nitrogen and oxygen atoms in total. The third kappa shape index (κ3) is 4.37. The molecule has 0 radical (unpaired) electrons. The Kier molecular flexibility index (Phi) is 6.29. The number of fused-ring (bicyclic) bond motifs is 10. The number of benzene rings is 9. The molecule has 0 unspecified atom stereocenters. The van der Waals surface area contributed by atoms with Crippen molar-refractivity contribution >= 4 is 103 Å². The maximum absolute atomic E-state index is 6.38. The van der Waals surface area contributed by atoms with Gasteiger partial charge in [0.15, 0.2) is 5.82 Å². The van der Waals surface area contributed by atoms with E-state index in [-0.39, 0.29) is 0 Å². The van der Waals surface area contributed by atoms with E-state index in [1.165, 1.54) is 48.7 Å². The molecule has 0 aliphatic carbocycles. The lowest BCUT2D eigenvalue weighted by molar-refractivity contribution is 0.669. The van der Waals surface area contributed by atoms with Crippen LogP contribution in [-0.4, -0.2) is 9.97 Å². The molecule has 0 atom stereocenters. The van der Waals surface area contributed by atoms with Crippen LogP contribution in [0.2, 0.25) is 0 Å². The first-order valence-corrected chi connectivity index (χ1v) is 20.1. The second-order valence-corrected chi connectivity index (χ2v) is 15.9. The summed E-state index contributed by atoms with van der Waals surface area (Å²) in [4.78, 5) is 13.4. The average Bonchev–Trinajstić information content (AvgIpc) is 3.84. The van der Waals surface area contributed by atoms with Gasteiger partial charge in [0.25, 0.3) is 0 Å². The summed E-state index contributed by atoms with van der Waals surface area (Å²) in [6, 6.07) is 63.1. The summed E-state index contributed by atoms with van der Waals surface area (Å²) in [5.41, 5.74) is 11.6. The van der Waals surface area contributed by atoms with E-state index in [2.05, 4.69) is 169 Å². The highest BCUT2D eigenvalue weighted by atomic mass is 32.1. The molecule has 12 aromatic rings. The first-order valence-electron chi connectivity index (χ1n) is 19.2. The van der Waals surface area contributed by atoms with Crippen LogP contribution in [-0.2, 0) is 0 Å². The number of hydrogen-bond acceptors (Lipinski definition) is 5. The van der Waals surface area contributed by atoms with E-state index in [0.717, 1.165) is 70.8 Å². The summed E-state index contributed by atoms with van der Waals surface area (Å²) in [5.74, 6) is 0.700. The molecule has 0 bridgehead atoms. The fourth-order valence-electron chi connectivity index (χ4n) is 9.30. The van der Waals surface area contributed by atoms with Crippen molar-refractivity contribution in [2.24, 2.45) is 0 Å². The fraction of sp³-hybridized carbons (Fsp3) is 0. The van der Waals surface area contributed by atoms with Crippen LogP contribution in [0.15, 0.2) is 180 Å². The Morgan fingerprint density at radius 3 is 2.00 bits per heavy atom. The van der Waals surface area contributed by atoms with Crippen molar-refractivity contribution in [1.29, 1.82) is 0 Å². The topological polar surface area (TPSA) is 42.2 Å². The van der Waals surface area contributed by atoms with Crippen LogP contribution in [0.25, 0.3) is 108 Å². The summed E-state index contributed by atoms with van der Waals surface area (Å²) in [7, 11) is 0. The molecule has 13 rings (SSSR count). The lowest BCUT2D eigenvalue weighted by Crippen LogP contribution is -2.15. The number of anilines is 3. The van der Waals surface area contributed by atoms with Crippen molar-refractivity contribution < 1.29 is 4.42 Å². The maximum Gasteiger partial charge on any atom is 0.161 e. The van der Waals surface area contributed by atoms with Crippen LogP contribution in [0.5, 0.6) is 0 Å². The molecule has 264 valence electrons. The SMILES string of the molecule is c1ccc2cc3c(cc2c1)-c1cccc2cccc(c12)N3c1cccc2c(-c3nc(-c4cccc5oc6ccccc6c45)c4sc5ccccc5c4n3)cccc12. The van der Waals surface area contributed by atoms with Crippen molar-refractivity contribution in [3.05, 3.63) is 176 Å². The zero-order chi connectivity index (χ0) is 37.2. The zero-order valence-electron chi connectivity index (χ0n) is 30.4. The first-order chi connectivity index (χ1) is 28.3. The van der Waals surface area contributed by atoms with Crippen molar-refractivity contribution in [2.45, 2.75) is 0 Å². The second kappa shape index (κ2) is 11.6. The van der Waals surface area contributed by atoms with Gasteiger partial charge in [-0.05, 0) is 69.6 Å². The molecular weight excluding hydrogens is 715 g/mol. The highest BCUT2D eigenvalue weighted by Crippen LogP contribution is 2.53. The molecule has 0 saturated carbocycles. The molecule has 1 aliphatic rings. The van der Waals surface area contributed by atoms with E-state index in [0.29, 0.717) is 5.82 Å². The molecule has 5 heteroatoms. The molecule has 1 aliphatic heterocycles. The normalized spacial score (nSPS) is 12.5. The number of aromatic nitrogens is 2. The summed E-state index contributed by atoms with van der Waals surface area (Å²) < 4.78 is 8.64. The Hall–Kier alpha value is -7.34. The maximum atomic E-state index is 6.38. The van der Waals surface area contributed by atoms with Crippen molar-refractivity contribution in [3.8, 4) is 33.8 Å². The Morgan fingerprint density at radius 2 is 1.07 bits per heavy atom. The Morgan fingerprint density at radius 1 is 0.421 bits per heavy atom. The molecule has 3 aromatic heterocycles. The minimum atomic E-state index is 0.700. The number of thiophene rings is 1. The largest absolute Gasteiger partial charge is 0.456 e. The van der Waals surface area contributed by atoms with Gasteiger partial charge in [-0.25, -0.2) is 9.97 Å². The van der Waals surface area contributed by atoms with Crippen LogP contribution >= 0.6 is 11.3 Å². The number of para-hydroxylation sites is 1. The average molecular weight is 744 g/mol. The molecular formula is C52H29N3OS. The Balaban J connectivity index is 1.09. The number of rotatable bonds is 3. The van der Waals surface area contributed by atoms with Gasteiger partial charge in [-0.3, -0.25) is 0 Å². The van der Waals surface area contributed by atoms with Gasteiger partial charge >= 0.3 is 0 Å². The van der Waals surface area contributed by atoms with Gasteiger partial charge in [-0.2, -0.15) is 0 Å². The molecule has 0 amide bonds. The van der Waals surface area contributed by atoms with Crippen LogP contribution < -0.4 is 4.90 Å². The number of furan rings is 1. The Bertz CT molecular complexity index is 3670.